The van der Waals surface area contributed by atoms with Crippen molar-refractivity contribution in [2.24, 2.45) is 29.1 Å². The van der Waals surface area contributed by atoms with Gasteiger partial charge in [-0.05, 0) is 89.3 Å². The molecule has 0 spiro atoms. The minimum Gasteiger partial charge on any atom is -0.493 e. The van der Waals surface area contributed by atoms with Gasteiger partial charge in [-0.2, -0.15) is 0 Å². The number of carbonyl (C=O) groups excluding carboxylic acids is 3. The molecule has 3 amide bonds. The standard InChI is InChI=1S/C36H63N3O8/c1-23(2)26(18-25-14-15-30(45-12)31(19-25)46-17-13-16-44-11)20-28(39-34(43)47-35(5,6)7)29(40)21-27(24(3)4)32(41)38-22-36(8,9)33(42)37-10/h14-15,19,23-24,26-29,40H,13,16-18,20-22H2,1-12H3,(H,37,42)(H,38,41)(H,39,43)/t26-,27-,28-,29-/m0/s1. The zero-order valence-corrected chi connectivity index (χ0v) is 31.0. The number of aliphatic hydroxyl groups is 1. The summed E-state index contributed by atoms with van der Waals surface area (Å²) in [5, 5.41) is 20.1. The maximum atomic E-state index is 13.4. The van der Waals surface area contributed by atoms with Gasteiger partial charge >= 0.3 is 6.09 Å². The third-order valence-corrected chi connectivity index (χ3v) is 8.33. The highest BCUT2D eigenvalue weighted by atomic mass is 16.6. The van der Waals surface area contributed by atoms with Crippen LogP contribution < -0.4 is 25.4 Å². The molecule has 11 heteroatoms. The lowest BCUT2D eigenvalue weighted by Gasteiger charge is -2.33. The Kier molecular flexibility index (Phi) is 17.6. The molecule has 0 unspecified atom stereocenters. The topological polar surface area (TPSA) is 144 Å². The van der Waals surface area contributed by atoms with Gasteiger partial charge in [0.05, 0.1) is 31.3 Å². The first-order chi connectivity index (χ1) is 21.8. The first kappa shape index (κ1) is 42.0. The summed E-state index contributed by atoms with van der Waals surface area (Å²) in [5.74, 6) is 0.475. The van der Waals surface area contributed by atoms with Crippen molar-refractivity contribution in [1.82, 2.24) is 16.0 Å². The quantitative estimate of drug-likeness (QED) is 0.141. The molecule has 0 saturated heterocycles. The summed E-state index contributed by atoms with van der Waals surface area (Å²) in [4.78, 5) is 38.6. The molecule has 270 valence electrons. The fourth-order valence-corrected chi connectivity index (χ4v) is 5.30. The van der Waals surface area contributed by atoms with Crippen LogP contribution in [0.4, 0.5) is 4.79 Å². The molecule has 0 aliphatic heterocycles. The van der Waals surface area contributed by atoms with Crippen LogP contribution in [0.1, 0.15) is 87.1 Å². The highest BCUT2D eigenvalue weighted by Gasteiger charge is 2.34. The number of amides is 3. The Balaban J connectivity index is 3.26. The summed E-state index contributed by atoms with van der Waals surface area (Å²) in [6, 6.07) is 5.19. The van der Waals surface area contributed by atoms with Crippen molar-refractivity contribution in [2.45, 2.75) is 106 Å². The summed E-state index contributed by atoms with van der Waals surface area (Å²) in [7, 11) is 4.83. The van der Waals surface area contributed by atoms with Gasteiger partial charge < -0.3 is 40.0 Å². The van der Waals surface area contributed by atoms with Gasteiger partial charge in [0.25, 0.3) is 0 Å². The Morgan fingerprint density at radius 2 is 1.57 bits per heavy atom. The van der Waals surface area contributed by atoms with E-state index in [2.05, 4.69) is 29.8 Å². The molecule has 0 saturated carbocycles. The molecule has 47 heavy (non-hydrogen) atoms. The number of aliphatic hydroxyl groups excluding tert-OH is 1. The molecule has 1 aromatic rings. The van der Waals surface area contributed by atoms with Gasteiger partial charge in [-0.15, -0.1) is 0 Å². The normalized spacial score (nSPS) is 14.6. The number of hydrogen-bond donors (Lipinski definition) is 4. The Morgan fingerprint density at radius 1 is 0.915 bits per heavy atom. The Morgan fingerprint density at radius 3 is 2.11 bits per heavy atom. The summed E-state index contributed by atoms with van der Waals surface area (Å²) in [6.45, 7) is 18.2. The lowest BCUT2D eigenvalue weighted by molar-refractivity contribution is -0.131. The van der Waals surface area contributed by atoms with Crippen LogP contribution >= 0.6 is 0 Å². The average Bonchev–Trinajstić information content (AvgIpc) is 2.98. The number of hydrogen-bond acceptors (Lipinski definition) is 8. The van der Waals surface area contributed by atoms with E-state index in [-0.39, 0.29) is 42.5 Å². The van der Waals surface area contributed by atoms with Gasteiger partial charge in [0.15, 0.2) is 11.5 Å². The molecular formula is C36H63N3O8. The number of methoxy groups -OCH3 is 2. The van der Waals surface area contributed by atoms with Crippen molar-refractivity contribution in [3.8, 4) is 11.5 Å². The fourth-order valence-electron chi connectivity index (χ4n) is 5.30. The van der Waals surface area contributed by atoms with E-state index in [1.54, 1.807) is 55.9 Å². The van der Waals surface area contributed by atoms with E-state index < -0.39 is 35.2 Å². The van der Waals surface area contributed by atoms with Crippen LogP contribution in [0.2, 0.25) is 0 Å². The lowest BCUT2D eigenvalue weighted by Crippen LogP contribution is -2.49. The fraction of sp³-hybridized carbons (Fsp3) is 0.750. The predicted octanol–water partition coefficient (Wildman–Crippen LogP) is 5.12. The first-order valence-electron chi connectivity index (χ1n) is 16.8. The molecule has 4 atom stereocenters. The van der Waals surface area contributed by atoms with E-state index in [0.29, 0.717) is 37.6 Å². The van der Waals surface area contributed by atoms with Crippen molar-refractivity contribution in [3.63, 3.8) is 0 Å². The number of carbonyl (C=O) groups is 3. The Hall–Kier alpha value is -3.05. The third kappa shape index (κ3) is 15.1. The number of ether oxygens (including phenoxy) is 4. The summed E-state index contributed by atoms with van der Waals surface area (Å²) in [5.41, 5.74) is -0.487. The van der Waals surface area contributed by atoms with Gasteiger partial charge in [-0.25, -0.2) is 4.79 Å². The van der Waals surface area contributed by atoms with Crippen LogP contribution in [0.5, 0.6) is 11.5 Å². The van der Waals surface area contributed by atoms with Crippen molar-refractivity contribution >= 4 is 17.9 Å². The SMILES string of the molecule is CNC(=O)C(C)(C)CNC(=O)[C@@H](C[C@H](O)[C@H](C[C@H](Cc1ccc(OC)c(OCCCOC)c1)C(C)C)NC(=O)OC(C)(C)C)C(C)C. The van der Waals surface area contributed by atoms with Crippen LogP contribution in [0.3, 0.4) is 0 Å². The molecule has 0 radical (unpaired) electrons. The maximum absolute atomic E-state index is 13.4. The molecule has 0 aromatic heterocycles. The second-order valence-electron chi connectivity index (χ2n) is 14.7. The van der Waals surface area contributed by atoms with Gasteiger partial charge in [0, 0.05) is 39.6 Å². The highest BCUT2D eigenvalue weighted by Crippen LogP contribution is 2.32. The van der Waals surface area contributed by atoms with E-state index >= 15 is 0 Å². The lowest BCUT2D eigenvalue weighted by atomic mass is 9.80. The zero-order chi connectivity index (χ0) is 35.9. The van der Waals surface area contributed by atoms with E-state index in [0.717, 1.165) is 12.0 Å². The van der Waals surface area contributed by atoms with Crippen LogP contribution in [-0.2, 0) is 25.5 Å². The van der Waals surface area contributed by atoms with Gasteiger partial charge in [0.2, 0.25) is 11.8 Å². The Labute approximate surface area is 283 Å². The third-order valence-electron chi connectivity index (χ3n) is 8.33. The van der Waals surface area contributed by atoms with Crippen LogP contribution in [0.25, 0.3) is 0 Å². The number of benzene rings is 1. The van der Waals surface area contributed by atoms with E-state index in [1.165, 1.54) is 0 Å². The molecule has 0 heterocycles. The van der Waals surface area contributed by atoms with E-state index in [1.807, 2.05) is 32.0 Å². The summed E-state index contributed by atoms with van der Waals surface area (Å²) in [6.07, 6.45) is 0.317. The number of nitrogens with one attached hydrogen (secondary N) is 3. The molecule has 11 nitrogen and oxygen atoms in total. The smallest absolute Gasteiger partial charge is 0.407 e. The molecule has 0 fully saturated rings. The minimum atomic E-state index is -1.04. The molecule has 1 aromatic carbocycles. The van der Waals surface area contributed by atoms with Gasteiger partial charge in [0.1, 0.15) is 5.60 Å². The molecule has 0 aliphatic carbocycles. The monoisotopic (exact) mass is 665 g/mol. The summed E-state index contributed by atoms with van der Waals surface area (Å²) >= 11 is 0. The largest absolute Gasteiger partial charge is 0.493 e. The van der Waals surface area contributed by atoms with Gasteiger partial charge in [-0.1, -0.05) is 33.8 Å². The summed E-state index contributed by atoms with van der Waals surface area (Å²) < 4.78 is 22.2. The molecule has 0 aliphatic rings. The highest BCUT2D eigenvalue weighted by molar-refractivity contribution is 5.84. The Bertz CT molecular complexity index is 1120. The van der Waals surface area contributed by atoms with Crippen molar-refractivity contribution in [1.29, 1.82) is 0 Å². The van der Waals surface area contributed by atoms with Crippen LogP contribution in [-0.4, -0.2) is 81.8 Å². The molecule has 1 rings (SSSR count). The number of rotatable bonds is 20. The average molecular weight is 666 g/mol. The van der Waals surface area contributed by atoms with Crippen LogP contribution in [0.15, 0.2) is 18.2 Å². The zero-order valence-electron chi connectivity index (χ0n) is 31.0. The molecular weight excluding hydrogens is 602 g/mol. The second kappa shape index (κ2) is 19.7. The van der Waals surface area contributed by atoms with Crippen molar-refractivity contribution in [2.75, 3.05) is 41.0 Å². The van der Waals surface area contributed by atoms with E-state index in [9.17, 15) is 19.5 Å². The van der Waals surface area contributed by atoms with Gasteiger partial charge in [-0.3, -0.25) is 9.59 Å². The van der Waals surface area contributed by atoms with Crippen LogP contribution in [0, 0.1) is 29.1 Å². The second-order valence-corrected chi connectivity index (χ2v) is 14.7. The van der Waals surface area contributed by atoms with Crippen molar-refractivity contribution in [3.05, 3.63) is 23.8 Å². The molecule has 0 bridgehead atoms. The number of alkyl carbamates (subject to hydrolysis) is 1. The molecule has 4 N–H and O–H groups in total. The minimum absolute atomic E-state index is 0.0546. The first-order valence-corrected chi connectivity index (χ1v) is 16.8. The maximum Gasteiger partial charge on any atom is 0.407 e. The van der Waals surface area contributed by atoms with E-state index in [4.69, 9.17) is 18.9 Å². The van der Waals surface area contributed by atoms with Crippen molar-refractivity contribution < 1.29 is 38.4 Å². The predicted molar refractivity (Wildman–Crippen MR) is 185 cm³/mol.